The minimum Gasteiger partial charge on any atom is -0.454 e. The first-order valence-corrected chi connectivity index (χ1v) is 10.6. The molecule has 6 heteroatoms. The van der Waals surface area contributed by atoms with E-state index in [0.717, 1.165) is 42.5 Å². The number of rotatable bonds is 4. The Morgan fingerprint density at radius 1 is 0.774 bits per heavy atom. The highest BCUT2D eigenvalue weighted by atomic mass is 16.7. The molecule has 2 heterocycles. The predicted molar refractivity (Wildman–Crippen MR) is 120 cm³/mol. The lowest BCUT2D eigenvalue weighted by Gasteiger charge is -2.37. The van der Waals surface area contributed by atoms with Gasteiger partial charge in [-0.1, -0.05) is 42.5 Å². The highest BCUT2D eigenvalue weighted by molar-refractivity contribution is 5.99. The molecule has 1 saturated heterocycles. The molecule has 5 rings (SSSR count). The number of ether oxygens (including phenoxy) is 2. The molecular weight excluding hydrogens is 390 g/mol. The summed E-state index contributed by atoms with van der Waals surface area (Å²) in [6.45, 7) is 4.17. The third-order valence-corrected chi connectivity index (χ3v) is 5.71. The minimum absolute atomic E-state index is 0.0140. The standard InChI is InChI=1S/C25H25N3O3/c29-25(28(21-7-3-1-4-8-21)22-9-5-2-6-10-22)27-15-13-26(14-16-27)18-20-11-12-23-24(17-20)31-19-30-23/h1-12,17H,13-16,18-19H2. The summed E-state index contributed by atoms with van der Waals surface area (Å²) in [5, 5.41) is 0. The Kier molecular flexibility index (Phi) is 5.46. The number of anilines is 2. The number of nitrogens with zero attached hydrogens (tertiary/aromatic N) is 3. The van der Waals surface area contributed by atoms with E-state index < -0.39 is 0 Å². The van der Waals surface area contributed by atoms with Crippen LogP contribution in [0.2, 0.25) is 0 Å². The van der Waals surface area contributed by atoms with Crippen LogP contribution in [0.1, 0.15) is 5.56 Å². The van der Waals surface area contributed by atoms with Gasteiger partial charge in [0.05, 0.1) is 11.4 Å². The number of hydrogen-bond donors (Lipinski definition) is 0. The summed E-state index contributed by atoms with van der Waals surface area (Å²) in [6, 6.07) is 25.8. The van der Waals surface area contributed by atoms with E-state index in [1.54, 1.807) is 4.90 Å². The number of fused-ring (bicyclic) bond motifs is 1. The maximum atomic E-state index is 13.5. The largest absolute Gasteiger partial charge is 0.454 e. The number of piperazine rings is 1. The van der Waals surface area contributed by atoms with Crippen LogP contribution in [0.5, 0.6) is 11.5 Å². The Labute approximate surface area is 182 Å². The zero-order valence-corrected chi connectivity index (χ0v) is 17.3. The summed E-state index contributed by atoms with van der Waals surface area (Å²) < 4.78 is 10.9. The van der Waals surface area contributed by atoms with Crippen molar-refractivity contribution in [1.82, 2.24) is 9.80 Å². The third-order valence-electron chi connectivity index (χ3n) is 5.71. The predicted octanol–water partition coefficient (Wildman–Crippen LogP) is 4.49. The van der Waals surface area contributed by atoms with Gasteiger partial charge in [0.25, 0.3) is 0 Å². The summed E-state index contributed by atoms with van der Waals surface area (Å²) in [5.41, 5.74) is 2.95. The highest BCUT2D eigenvalue weighted by Gasteiger charge is 2.27. The van der Waals surface area contributed by atoms with Crippen molar-refractivity contribution in [3.05, 3.63) is 84.4 Å². The number of urea groups is 1. The zero-order valence-electron chi connectivity index (χ0n) is 17.3. The van der Waals surface area contributed by atoms with Crippen LogP contribution in [-0.2, 0) is 6.54 Å². The van der Waals surface area contributed by atoms with Gasteiger partial charge in [-0.05, 0) is 42.0 Å². The van der Waals surface area contributed by atoms with Gasteiger partial charge in [0.1, 0.15) is 0 Å². The molecule has 0 atom stereocenters. The average Bonchev–Trinajstić information content (AvgIpc) is 3.29. The van der Waals surface area contributed by atoms with Crippen LogP contribution in [0.15, 0.2) is 78.9 Å². The van der Waals surface area contributed by atoms with E-state index in [-0.39, 0.29) is 6.03 Å². The van der Waals surface area contributed by atoms with Gasteiger partial charge in [-0.2, -0.15) is 0 Å². The van der Waals surface area contributed by atoms with E-state index in [1.807, 2.05) is 77.7 Å². The van der Waals surface area contributed by atoms with Gasteiger partial charge in [-0.25, -0.2) is 4.79 Å². The Morgan fingerprint density at radius 3 is 2.03 bits per heavy atom. The van der Waals surface area contributed by atoms with Crippen LogP contribution in [0.25, 0.3) is 0 Å². The van der Waals surface area contributed by atoms with Crippen LogP contribution in [0.3, 0.4) is 0 Å². The Morgan fingerprint density at radius 2 is 1.39 bits per heavy atom. The molecule has 3 aromatic rings. The lowest BCUT2D eigenvalue weighted by Crippen LogP contribution is -2.51. The van der Waals surface area contributed by atoms with Crippen molar-refractivity contribution in [2.24, 2.45) is 0 Å². The Hall–Kier alpha value is -3.51. The summed E-state index contributed by atoms with van der Waals surface area (Å²) in [7, 11) is 0. The molecule has 0 radical (unpaired) electrons. The van der Waals surface area contributed by atoms with E-state index in [0.29, 0.717) is 19.9 Å². The SMILES string of the molecule is O=C(N1CCN(Cc2ccc3c(c2)OCO3)CC1)N(c1ccccc1)c1ccccc1. The number of amides is 2. The van der Waals surface area contributed by atoms with Crippen molar-refractivity contribution >= 4 is 17.4 Å². The maximum Gasteiger partial charge on any atom is 0.329 e. The van der Waals surface area contributed by atoms with Crippen molar-refractivity contribution in [3.63, 3.8) is 0 Å². The molecule has 3 aromatic carbocycles. The number of carbonyl (C=O) groups excluding carboxylic acids is 1. The van der Waals surface area contributed by atoms with Crippen LogP contribution < -0.4 is 14.4 Å². The number of carbonyl (C=O) groups is 1. The minimum atomic E-state index is 0.0140. The Balaban J connectivity index is 1.26. The molecular formula is C25H25N3O3. The highest BCUT2D eigenvalue weighted by Crippen LogP contribution is 2.33. The molecule has 31 heavy (non-hydrogen) atoms. The van der Waals surface area contributed by atoms with Gasteiger partial charge in [0, 0.05) is 32.7 Å². The smallest absolute Gasteiger partial charge is 0.329 e. The first-order valence-electron chi connectivity index (χ1n) is 10.6. The van der Waals surface area contributed by atoms with E-state index in [9.17, 15) is 4.79 Å². The fourth-order valence-corrected chi connectivity index (χ4v) is 4.06. The first-order chi connectivity index (χ1) is 15.3. The summed E-state index contributed by atoms with van der Waals surface area (Å²) in [5.74, 6) is 1.62. The topological polar surface area (TPSA) is 45.3 Å². The molecule has 0 N–H and O–H groups in total. The van der Waals surface area contributed by atoms with Crippen LogP contribution in [-0.4, -0.2) is 48.8 Å². The lowest BCUT2D eigenvalue weighted by atomic mass is 10.1. The molecule has 158 valence electrons. The molecule has 6 nitrogen and oxygen atoms in total. The molecule has 2 amide bonds. The van der Waals surface area contributed by atoms with Gasteiger partial charge in [-0.3, -0.25) is 9.80 Å². The molecule has 2 aliphatic rings. The molecule has 0 aromatic heterocycles. The first kappa shape index (κ1) is 19.5. The second-order valence-corrected chi connectivity index (χ2v) is 7.74. The molecule has 1 fully saturated rings. The molecule has 0 bridgehead atoms. The van der Waals surface area contributed by atoms with Crippen molar-refractivity contribution in [3.8, 4) is 11.5 Å². The van der Waals surface area contributed by atoms with E-state index in [2.05, 4.69) is 11.0 Å². The quantitative estimate of drug-likeness (QED) is 0.630. The van der Waals surface area contributed by atoms with E-state index >= 15 is 0 Å². The van der Waals surface area contributed by atoms with Gasteiger partial charge in [-0.15, -0.1) is 0 Å². The average molecular weight is 415 g/mol. The van der Waals surface area contributed by atoms with E-state index in [1.165, 1.54) is 5.56 Å². The molecule has 2 aliphatic heterocycles. The Bertz CT molecular complexity index is 995. The molecule has 0 saturated carbocycles. The van der Waals surface area contributed by atoms with Crippen molar-refractivity contribution < 1.29 is 14.3 Å². The zero-order chi connectivity index (χ0) is 21.0. The third kappa shape index (κ3) is 4.20. The lowest BCUT2D eigenvalue weighted by molar-refractivity contribution is 0.140. The van der Waals surface area contributed by atoms with Crippen molar-refractivity contribution in [2.45, 2.75) is 6.54 Å². The summed E-state index contributed by atoms with van der Waals surface area (Å²) in [6.07, 6.45) is 0. The van der Waals surface area contributed by atoms with Crippen LogP contribution >= 0.6 is 0 Å². The van der Waals surface area contributed by atoms with Crippen LogP contribution in [0.4, 0.5) is 16.2 Å². The number of hydrogen-bond acceptors (Lipinski definition) is 4. The molecule has 0 unspecified atom stereocenters. The second kappa shape index (κ2) is 8.70. The maximum absolute atomic E-state index is 13.5. The van der Waals surface area contributed by atoms with Gasteiger partial charge < -0.3 is 14.4 Å². The number of benzene rings is 3. The summed E-state index contributed by atoms with van der Waals surface area (Å²) in [4.78, 5) is 19.6. The monoisotopic (exact) mass is 415 g/mol. The molecule has 0 aliphatic carbocycles. The van der Waals surface area contributed by atoms with Crippen molar-refractivity contribution in [2.75, 3.05) is 37.9 Å². The second-order valence-electron chi connectivity index (χ2n) is 7.74. The fourth-order valence-electron chi connectivity index (χ4n) is 4.06. The molecule has 0 spiro atoms. The summed E-state index contributed by atoms with van der Waals surface area (Å²) >= 11 is 0. The van der Waals surface area contributed by atoms with E-state index in [4.69, 9.17) is 9.47 Å². The normalized spacial score (nSPS) is 15.7. The van der Waals surface area contributed by atoms with Gasteiger partial charge in [0.2, 0.25) is 6.79 Å². The number of para-hydroxylation sites is 2. The van der Waals surface area contributed by atoms with Crippen LogP contribution in [0, 0.1) is 0 Å². The van der Waals surface area contributed by atoms with Gasteiger partial charge >= 0.3 is 6.03 Å². The fraction of sp³-hybridized carbons (Fsp3) is 0.240. The van der Waals surface area contributed by atoms with Gasteiger partial charge in [0.15, 0.2) is 11.5 Å². The van der Waals surface area contributed by atoms with Crippen molar-refractivity contribution in [1.29, 1.82) is 0 Å².